The van der Waals surface area contributed by atoms with E-state index in [1.54, 1.807) is 16.7 Å². The first-order chi connectivity index (χ1) is 14.2. The van der Waals surface area contributed by atoms with Crippen LogP contribution in [0.4, 0.5) is 0 Å². The number of likely N-dealkylation sites (tertiary alicyclic amines) is 1. The molecule has 2 nitrogen and oxygen atoms in total. The number of aliphatic hydroxyl groups is 1. The van der Waals surface area contributed by atoms with Gasteiger partial charge in [0.15, 0.2) is 0 Å². The van der Waals surface area contributed by atoms with Crippen molar-refractivity contribution in [3.8, 4) is 0 Å². The lowest BCUT2D eigenvalue weighted by Gasteiger charge is -2.59. The van der Waals surface area contributed by atoms with Gasteiger partial charge in [0.1, 0.15) is 0 Å². The van der Waals surface area contributed by atoms with Gasteiger partial charge in [0, 0.05) is 6.54 Å². The van der Waals surface area contributed by atoms with Crippen molar-refractivity contribution in [1.82, 2.24) is 4.90 Å². The molecule has 0 aromatic rings. The standard InChI is InChI=1S/C28H45NO/c1-19(18-29-16-6-7-17-29)21-9-10-22-20-8-11-24-26(2,3)25(30)13-15-28(24,5)23(20)12-14-27(21,22)4/h10,19,21,24-25,30H,6-9,11-18H2,1-5H3/t19-,21-,24+,25+,27-,28-/m1/s1. The zero-order valence-electron chi connectivity index (χ0n) is 20.3. The summed E-state index contributed by atoms with van der Waals surface area (Å²) in [7, 11) is 0. The van der Waals surface area contributed by atoms with Crippen LogP contribution in [0.3, 0.4) is 0 Å². The summed E-state index contributed by atoms with van der Waals surface area (Å²) in [6.07, 6.45) is 14.0. The Morgan fingerprint density at radius 3 is 2.50 bits per heavy atom. The molecule has 30 heavy (non-hydrogen) atoms. The predicted molar refractivity (Wildman–Crippen MR) is 125 cm³/mol. The van der Waals surface area contributed by atoms with E-state index in [-0.39, 0.29) is 11.5 Å². The van der Waals surface area contributed by atoms with Gasteiger partial charge in [-0.3, -0.25) is 0 Å². The summed E-state index contributed by atoms with van der Waals surface area (Å²) in [4.78, 5) is 2.72. The van der Waals surface area contributed by atoms with Crippen LogP contribution < -0.4 is 0 Å². The van der Waals surface area contributed by atoms with Crippen LogP contribution in [0.25, 0.3) is 0 Å². The Labute approximate surface area is 185 Å². The minimum absolute atomic E-state index is 0.0448. The third kappa shape index (κ3) is 2.95. The SMILES string of the molecule is C[C@H](CN1CCCC1)[C@H]1CC=C2C3=C(CC[C@@]21C)[C@@]1(C)CC[C@H](O)C(C)(C)[C@@H]1CC3. The van der Waals surface area contributed by atoms with Gasteiger partial charge in [-0.25, -0.2) is 0 Å². The van der Waals surface area contributed by atoms with E-state index < -0.39 is 0 Å². The van der Waals surface area contributed by atoms with Crippen LogP contribution in [-0.2, 0) is 0 Å². The van der Waals surface area contributed by atoms with Crippen LogP contribution in [0.2, 0.25) is 0 Å². The first kappa shape index (κ1) is 21.3. The molecule has 0 bridgehead atoms. The Balaban J connectivity index is 1.42. The van der Waals surface area contributed by atoms with Gasteiger partial charge in [-0.05, 0) is 116 Å². The molecule has 0 aromatic heterocycles. The highest BCUT2D eigenvalue weighted by Crippen LogP contribution is 2.66. The summed E-state index contributed by atoms with van der Waals surface area (Å²) in [6, 6.07) is 0. The third-order valence-electron chi connectivity index (χ3n) is 10.9. The van der Waals surface area contributed by atoms with Gasteiger partial charge in [0.25, 0.3) is 0 Å². The minimum atomic E-state index is -0.131. The zero-order chi connectivity index (χ0) is 21.3. The zero-order valence-corrected chi connectivity index (χ0v) is 20.3. The molecular weight excluding hydrogens is 366 g/mol. The molecule has 168 valence electrons. The summed E-state index contributed by atoms with van der Waals surface area (Å²) in [5.74, 6) is 2.24. The number of hydrogen-bond donors (Lipinski definition) is 1. The third-order valence-corrected chi connectivity index (χ3v) is 10.9. The lowest BCUT2D eigenvalue weighted by molar-refractivity contribution is -0.0905. The molecule has 1 saturated carbocycles. The van der Waals surface area contributed by atoms with Crippen LogP contribution in [0.5, 0.6) is 0 Å². The first-order valence-electron chi connectivity index (χ1n) is 13.0. The summed E-state index contributed by atoms with van der Waals surface area (Å²) in [6.45, 7) is 16.3. The quantitative estimate of drug-likeness (QED) is 0.584. The lowest BCUT2D eigenvalue weighted by atomic mass is 9.46. The Morgan fingerprint density at radius 2 is 1.77 bits per heavy atom. The van der Waals surface area contributed by atoms with E-state index in [2.05, 4.69) is 45.6 Å². The average molecular weight is 412 g/mol. The monoisotopic (exact) mass is 411 g/mol. The molecule has 2 fully saturated rings. The first-order valence-corrected chi connectivity index (χ1v) is 13.0. The molecule has 6 atom stereocenters. The largest absolute Gasteiger partial charge is 0.393 e. The fourth-order valence-corrected chi connectivity index (χ4v) is 9.08. The van der Waals surface area contributed by atoms with Gasteiger partial charge < -0.3 is 10.0 Å². The second-order valence-electron chi connectivity index (χ2n) is 12.7. The van der Waals surface area contributed by atoms with E-state index in [4.69, 9.17) is 0 Å². The molecule has 5 rings (SSSR count). The Bertz CT molecular complexity index is 757. The van der Waals surface area contributed by atoms with Crippen molar-refractivity contribution in [2.24, 2.45) is 34.0 Å². The van der Waals surface area contributed by atoms with Crippen LogP contribution in [0.15, 0.2) is 22.8 Å². The number of fused-ring (bicyclic) bond motifs is 4. The molecule has 0 unspecified atom stereocenters. The highest BCUT2D eigenvalue weighted by atomic mass is 16.3. The average Bonchev–Trinajstić information content (AvgIpc) is 3.32. The summed E-state index contributed by atoms with van der Waals surface area (Å²) < 4.78 is 0. The summed E-state index contributed by atoms with van der Waals surface area (Å²) in [5.41, 5.74) is 6.07. The van der Waals surface area contributed by atoms with Crippen molar-refractivity contribution in [3.63, 3.8) is 0 Å². The summed E-state index contributed by atoms with van der Waals surface area (Å²) >= 11 is 0. The molecule has 1 saturated heterocycles. The molecule has 0 spiro atoms. The topological polar surface area (TPSA) is 23.5 Å². The number of rotatable bonds is 3. The van der Waals surface area contributed by atoms with Crippen molar-refractivity contribution in [3.05, 3.63) is 22.8 Å². The highest BCUT2D eigenvalue weighted by molar-refractivity contribution is 5.49. The van der Waals surface area contributed by atoms with Crippen molar-refractivity contribution in [2.45, 2.75) is 98.5 Å². The van der Waals surface area contributed by atoms with Crippen molar-refractivity contribution < 1.29 is 5.11 Å². The maximum absolute atomic E-state index is 10.8. The maximum Gasteiger partial charge on any atom is 0.0594 e. The van der Waals surface area contributed by atoms with Gasteiger partial charge in [-0.1, -0.05) is 46.3 Å². The molecule has 4 aliphatic carbocycles. The maximum atomic E-state index is 10.8. The molecule has 1 heterocycles. The Hall–Kier alpha value is -0.600. The van der Waals surface area contributed by atoms with Crippen molar-refractivity contribution in [1.29, 1.82) is 0 Å². The predicted octanol–water partition coefficient (Wildman–Crippen LogP) is 6.36. The van der Waals surface area contributed by atoms with Crippen LogP contribution in [0.1, 0.15) is 92.4 Å². The van der Waals surface area contributed by atoms with E-state index in [0.717, 1.165) is 18.3 Å². The van der Waals surface area contributed by atoms with Gasteiger partial charge in [0.2, 0.25) is 0 Å². The smallest absolute Gasteiger partial charge is 0.0594 e. The lowest BCUT2D eigenvalue weighted by Crippen LogP contribution is -2.53. The van der Waals surface area contributed by atoms with Gasteiger partial charge in [-0.15, -0.1) is 0 Å². The fraction of sp³-hybridized carbons (Fsp3) is 0.857. The van der Waals surface area contributed by atoms with Gasteiger partial charge in [0.05, 0.1) is 6.10 Å². The second-order valence-corrected chi connectivity index (χ2v) is 12.7. The number of aliphatic hydroxyl groups excluding tert-OH is 1. The molecular formula is C28H45NO. The van der Waals surface area contributed by atoms with E-state index in [1.807, 2.05) is 0 Å². The Kier molecular flexibility index (Phi) is 5.10. The normalized spacial score (nSPS) is 44.3. The van der Waals surface area contributed by atoms with Gasteiger partial charge in [-0.2, -0.15) is 0 Å². The number of nitrogens with zero attached hydrogens (tertiary/aromatic N) is 1. The van der Waals surface area contributed by atoms with E-state index in [1.165, 1.54) is 71.0 Å². The second kappa shape index (κ2) is 7.20. The van der Waals surface area contributed by atoms with Crippen molar-refractivity contribution >= 4 is 0 Å². The van der Waals surface area contributed by atoms with Gasteiger partial charge >= 0.3 is 0 Å². The summed E-state index contributed by atoms with van der Waals surface area (Å²) in [5, 5.41) is 10.8. The fourth-order valence-electron chi connectivity index (χ4n) is 9.08. The molecule has 0 radical (unpaired) electrons. The molecule has 0 amide bonds. The van der Waals surface area contributed by atoms with E-state index in [9.17, 15) is 5.11 Å². The van der Waals surface area contributed by atoms with Crippen molar-refractivity contribution in [2.75, 3.05) is 19.6 Å². The van der Waals surface area contributed by atoms with E-state index >= 15 is 0 Å². The molecule has 1 N–H and O–H groups in total. The highest BCUT2D eigenvalue weighted by Gasteiger charge is 2.57. The molecule has 0 aromatic carbocycles. The molecule has 2 heteroatoms. The Morgan fingerprint density at radius 1 is 1.03 bits per heavy atom. The number of allylic oxidation sites excluding steroid dienone is 4. The minimum Gasteiger partial charge on any atom is -0.393 e. The van der Waals surface area contributed by atoms with E-state index in [0.29, 0.717) is 16.7 Å². The van der Waals surface area contributed by atoms with Crippen LogP contribution in [-0.4, -0.2) is 35.7 Å². The van der Waals surface area contributed by atoms with Crippen LogP contribution in [0, 0.1) is 34.0 Å². The molecule has 5 aliphatic rings. The number of hydrogen-bond acceptors (Lipinski definition) is 2. The van der Waals surface area contributed by atoms with Crippen LogP contribution >= 0.6 is 0 Å². The molecule has 1 aliphatic heterocycles.